The van der Waals surface area contributed by atoms with Crippen LogP contribution >= 0.6 is 0 Å². The van der Waals surface area contributed by atoms with Crippen molar-refractivity contribution in [1.82, 2.24) is 0 Å². The van der Waals surface area contributed by atoms with Crippen LogP contribution in [0.5, 0.6) is 0 Å². The SMILES string of the molecule is CC.O/C=C/CO. The van der Waals surface area contributed by atoms with E-state index in [2.05, 4.69) is 0 Å². The van der Waals surface area contributed by atoms with Crippen molar-refractivity contribution in [3.8, 4) is 0 Å². The molecule has 0 atom stereocenters. The van der Waals surface area contributed by atoms with Crippen LogP contribution in [0, 0.1) is 0 Å². The Bertz CT molecular complexity index is 33.1. The number of aliphatic hydroxyl groups excluding tert-OH is 2. The van der Waals surface area contributed by atoms with Crippen molar-refractivity contribution in [2.75, 3.05) is 6.61 Å². The summed E-state index contributed by atoms with van der Waals surface area (Å²) >= 11 is 0. The van der Waals surface area contributed by atoms with Crippen LogP contribution in [0.4, 0.5) is 0 Å². The Morgan fingerprint density at radius 2 is 1.86 bits per heavy atom. The first-order chi connectivity index (χ1) is 3.41. The summed E-state index contributed by atoms with van der Waals surface area (Å²) in [4.78, 5) is 0. The van der Waals surface area contributed by atoms with Crippen LogP contribution in [0.25, 0.3) is 0 Å². The first-order valence-corrected chi connectivity index (χ1v) is 2.32. The van der Waals surface area contributed by atoms with Crippen LogP contribution in [-0.2, 0) is 0 Å². The molecule has 0 rings (SSSR count). The quantitative estimate of drug-likeness (QED) is 0.488. The minimum Gasteiger partial charge on any atom is -0.516 e. The average Bonchev–Trinajstić information content (AvgIpc) is 1.75. The van der Waals surface area contributed by atoms with Gasteiger partial charge in [-0.25, -0.2) is 0 Å². The molecule has 2 heteroatoms. The minimum atomic E-state index is -0.0868. The molecule has 0 spiro atoms. The Kier molecular flexibility index (Phi) is 24.7. The summed E-state index contributed by atoms with van der Waals surface area (Å²) in [6.07, 6.45) is 2.04. The van der Waals surface area contributed by atoms with E-state index in [-0.39, 0.29) is 6.61 Å². The number of hydrogen-bond acceptors (Lipinski definition) is 2. The van der Waals surface area contributed by atoms with Gasteiger partial charge in [-0.05, 0) is 6.08 Å². The van der Waals surface area contributed by atoms with E-state index in [0.717, 1.165) is 6.26 Å². The molecule has 0 saturated carbocycles. The summed E-state index contributed by atoms with van der Waals surface area (Å²) in [6.45, 7) is 3.91. The number of aliphatic hydroxyl groups is 2. The van der Waals surface area contributed by atoms with Gasteiger partial charge >= 0.3 is 0 Å². The molecular formula is C5H12O2. The van der Waals surface area contributed by atoms with Crippen LogP contribution in [0.2, 0.25) is 0 Å². The lowest BCUT2D eigenvalue weighted by molar-refractivity contribution is 0.337. The topological polar surface area (TPSA) is 40.5 Å². The van der Waals surface area contributed by atoms with Gasteiger partial charge in [-0.1, -0.05) is 13.8 Å². The highest BCUT2D eigenvalue weighted by Crippen LogP contribution is 1.56. The van der Waals surface area contributed by atoms with Gasteiger partial charge in [0.2, 0.25) is 0 Å². The third-order valence-corrected chi connectivity index (χ3v) is 0.211. The van der Waals surface area contributed by atoms with E-state index in [1.54, 1.807) is 0 Å². The van der Waals surface area contributed by atoms with Crippen molar-refractivity contribution in [2.45, 2.75) is 13.8 Å². The second-order valence-electron chi connectivity index (χ2n) is 0.567. The zero-order valence-electron chi connectivity index (χ0n) is 4.76. The van der Waals surface area contributed by atoms with E-state index >= 15 is 0 Å². The predicted molar refractivity (Wildman–Crippen MR) is 30.2 cm³/mol. The number of hydrogen-bond donors (Lipinski definition) is 2. The molecule has 2 N–H and O–H groups in total. The molecule has 0 bridgehead atoms. The van der Waals surface area contributed by atoms with Crippen LogP contribution < -0.4 is 0 Å². The second-order valence-corrected chi connectivity index (χ2v) is 0.567. The molecule has 44 valence electrons. The van der Waals surface area contributed by atoms with E-state index in [0.29, 0.717) is 0 Å². The fourth-order valence-corrected chi connectivity index (χ4v) is 0.0471. The van der Waals surface area contributed by atoms with Gasteiger partial charge in [-0.15, -0.1) is 0 Å². The molecule has 2 nitrogen and oxygen atoms in total. The van der Waals surface area contributed by atoms with Crippen LogP contribution in [0.1, 0.15) is 13.8 Å². The highest BCUT2D eigenvalue weighted by molar-refractivity contribution is 4.67. The third kappa shape index (κ3) is 29.9. The summed E-state index contributed by atoms with van der Waals surface area (Å²) < 4.78 is 0. The van der Waals surface area contributed by atoms with Gasteiger partial charge in [0.25, 0.3) is 0 Å². The maximum Gasteiger partial charge on any atom is 0.0774 e. The molecule has 0 amide bonds. The molecule has 0 heterocycles. The Morgan fingerprint density at radius 1 is 1.43 bits per heavy atom. The van der Waals surface area contributed by atoms with Gasteiger partial charge < -0.3 is 10.2 Å². The van der Waals surface area contributed by atoms with Crippen molar-refractivity contribution in [3.05, 3.63) is 12.3 Å². The molecule has 0 aliphatic carbocycles. The van der Waals surface area contributed by atoms with Gasteiger partial charge in [0, 0.05) is 0 Å². The molecule has 0 unspecified atom stereocenters. The molecule has 0 aliphatic heterocycles. The van der Waals surface area contributed by atoms with E-state index in [4.69, 9.17) is 10.2 Å². The molecule has 7 heavy (non-hydrogen) atoms. The van der Waals surface area contributed by atoms with Gasteiger partial charge in [0.15, 0.2) is 0 Å². The monoisotopic (exact) mass is 104 g/mol. The van der Waals surface area contributed by atoms with Crippen molar-refractivity contribution in [3.63, 3.8) is 0 Å². The highest BCUT2D eigenvalue weighted by atomic mass is 16.3. The van der Waals surface area contributed by atoms with E-state index in [1.165, 1.54) is 6.08 Å². The van der Waals surface area contributed by atoms with Crippen molar-refractivity contribution < 1.29 is 10.2 Å². The normalized spacial score (nSPS) is 7.86. The second kappa shape index (κ2) is 17.8. The molecule has 0 saturated heterocycles. The minimum absolute atomic E-state index is 0.0868. The summed E-state index contributed by atoms with van der Waals surface area (Å²) in [6, 6.07) is 0. The maximum atomic E-state index is 7.82. The molecule has 0 fully saturated rings. The van der Waals surface area contributed by atoms with Crippen LogP contribution in [0.15, 0.2) is 12.3 Å². The first-order valence-electron chi connectivity index (χ1n) is 2.32. The Balaban J connectivity index is 0. The molecule has 0 aromatic rings. The van der Waals surface area contributed by atoms with Gasteiger partial charge in [0.05, 0.1) is 12.9 Å². The summed E-state index contributed by atoms with van der Waals surface area (Å²) in [5.74, 6) is 0. The Labute approximate surface area is 44.1 Å². The maximum absolute atomic E-state index is 7.82. The Hall–Kier alpha value is -0.500. The lowest BCUT2D eigenvalue weighted by Gasteiger charge is -1.66. The zero-order valence-corrected chi connectivity index (χ0v) is 4.76. The number of rotatable bonds is 1. The van der Waals surface area contributed by atoms with Gasteiger partial charge in [0.1, 0.15) is 0 Å². The summed E-state index contributed by atoms with van der Waals surface area (Å²) in [5, 5.41) is 15.5. The smallest absolute Gasteiger partial charge is 0.0774 e. The third-order valence-electron chi connectivity index (χ3n) is 0.211. The molecular weight excluding hydrogens is 92.1 g/mol. The molecule has 0 radical (unpaired) electrons. The standard InChI is InChI=1S/C3H6O2.C2H6/c4-2-1-3-5;1-2/h1-2,4-5H,3H2;1-2H3/b2-1+;. The van der Waals surface area contributed by atoms with E-state index in [1.807, 2.05) is 13.8 Å². The largest absolute Gasteiger partial charge is 0.516 e. The van der Waals surface area contributed by atoms with E-state index < -0.39 is 0 Å². The fraction of sp³-hybridized carbons (Fsp3) is 0.600. The fourth-order valence-electron chi connectivity index (χ4n) is 0.0471. The van der Waals surface area contributed by atoms with Gasteiger partial charge in [-0.3, -0.25) is 0 Å². The van der Waals surface area contributed by atoms with Crippen molar-refractivity contribution >= 4 is 0 Å². The van der Waals surface area contributed by atoms with E-state index in [9.17, 15) is 0 Å². The summed E-state index contributed by atoms with van der Waals surface area (Å²) in [7, 11) is 0. The Morgan fingerprint density at radius 3 is 1.86 bits per heavy atom. The lowest BCUT2D eigenvalue weighted by Crippen LogP contribution is -1.66. The highest BCUT2D eigenvalue weighted by Gasteiger charge is 1.54. The van der Waals surface area contributed by atoms with Crippen LogP contribution in [-0.4, -0.2) is 16.8 Å². The molecule has 0 aliphatic rings. The molecule has 0 aromatic carbocycles. The average molecular weight is 104 g/mol. The lowest BCUT2D eigenvalue weighted by atomic mass is 10.7. The predicted octanol–water partition coefficient (Wildman–Crippen LogP) is 1.08. The first kappa shape index (κ1) is 9.71. The summed E-state index contributed by atoms with van der Waals surface area (Å²) in [5.41, 5.74) is 0. The zero-order chi connectivity index (χ0) is 6.12. The van der Waals surface area contributed by atoms with Crippen molar-refractivity contribution in [1.29, 1.82) is 0 Å². The molecule has 0 aromatic heterocycles. The van der Waals surface area contributed by atoms with Crippen molar-refractivity contribution in [2.24, 2.45) is 0 Å². The van der Waals surface area contributed by atoms with Gasteiger partial charge in [-0.2, -0.15) is 0 Å². The van der Waals surface area contributed by atoms with Crippen LogP contribution in [0.3, 0.4) is 0 Å².